The molecule has 1 N–H and O–H groups in total. The lowest BCUT2D eigenvalue weighted by atomic mass is 10.1. The number of hydrogen-bond acceptors (Lipinski definition) is 5. The fourth-order valence-electron chi connectivity index (χ4n) is 3.29. The Morgan fingerprint density at radius 1 is 0.848 bits per heavy atom. The molecule has 0 saturated heterocycles. The molecule has 0 aliphatic rings. The number of sulfonamides is 1. The molecule has 0 aromatic heterocycles. The van der Waals surface area contributed by atoms with Crippen LogP contribution in [0.25, 0.3) is 0 Å². The van der Waals surface area contributed by atoms with Gasteiger partial charge in [0, 0.05) is 11.8 Å². The number of hydrogen-bond donors (Lipinski definition) is 1. The minimum absolute atomic E-state index is 0.147. The number of carbonyl (C=O) groups excluding carboxylic acids is 1. The molecule has 0 radical (unpaired) electrons. The first-order valence-corrected chi connectivity index (χ1v) is 13.9. The molecule has 0 aliphatic carbocycles. The lowest BCUT2D eigenvalue weighted by molar-refractivity contribution is 0.0940. The van der Waals surface area contributed by atoms with Gasteiger partial charge in [-0.15, -0.1) is 0 Å². The SMILES string of the molecule is C[C@H](NC(=O)c1ccc(CN(c2ccccc2)S(C)(=O)=O)cc1)c1ccc(S(C)(=O)=O)cc1. The van der Waals surface area contributed by atoms with Crippen LogP contribution >= 0.6 is 0 Å². The number of anilines is 1. The van der Waals surface area contributed by atoms with Crippen LogP contribution in [-0.2, 0) is 26.4 Å². The third kappa shape index (κ3) is 6.43. The van der Waals surface area contributed by atoms with Gasteiger partial charge in [-0.3, -0.25) is 9.10 Å². The highest BCUT2D eigenvalue weighted by atomic mass is 32.2. The van der Waals surface area contributed by atoms with E-state index < -0.39 is 19.9 Å². The molecule has 3 aromatic carbocycles. The van der Waals surface area contributed by atoms with Gasteiger partial charge in [-0.2, -0.15) is 0 Å². The summed E-state index contributed by atoms with van der Waals surface area (Å²) >= 11 is 0. The summed E-state index contributed by atoms with van der Waals surface area (Å²) in [4.78, 5) is 12.9. The van der Waals surface area contributed by atoms with E-state index in [4.69, 9.17) is 0 Å². The van der Waals surface area contributed by atoms with Gasteiger partial charge >= 0.3 is 0 Å². The van der Waals surface area contributed by atoms with E-state index in [9.17, 15) is 21.6 Å². The molecule has 0 aliphatic heterocycles. The highest BCUT2D eigenvalue weighted by Crippen LogP contribution is 2.21. The van der Waals surface area contributed by atoms with Crippen molar-refractivity contribution in [3.63, 3.8) is 0 Å². The molecular weight excluding hydrogens is 460 g/mol. The monoisotopic (exact) mass is 486 g/mol. The van der Waals surface area contributed by atoms with Crippen LogP contribution in [0.2, 0.25) is 0 Å². The first-order valence-electron chi connectivity index (χ1n) is 10.2. The minimum Gasteiger partial charge on any atom is -0.346 e. The Morgan fingerprint density at radius 3 is 1.94 bits per heavy atom. The fraction of sp³-hybridized carbons (Fsp3) is 0.208. The van der Waals surface area contributed by atoms with Crippen LogP contribution in [0.3, 0.4) is 0 Å². The zero-order valence-corrected chi connectivity index (χ0v) is 20.2. The van der Waals surface area contributed by atoms with Crippen molar-refractivity contribution in [2.75, 3.05) is 16.8 Å². The van der Waals surface area contributed by atoms with Crippen molar-refractivity contribution in [2.24, 2.45) is 0 Å². The summed E-state index contributed by atoms with van der Waals surface area (Å²) < 4.78 is 49.1. The van der Waals surface area contributed by atoms with Crippen molar-refractivity contribution in [3.8, 4) is 0 Å². The highest BCUT2D eigenvalue weighted by molar-refractivity contribution is 7.92. The molecule has 0 heterocycles. The van der Waals surface area contributed by atoms with Gasteiger partial charge in [-0.05, 0) is 54.4 Å². The van der Waals surface area contributed by atoms with E-state index in [0.717, 1.165) is 23.6 Å². The standard InChI is InChI=1S/C24H26N2O5S2/c1-18(20-13-15-23(16-14-20)32(2,28)29)25-24(27)21-11-9-19(10-12-21)17-26(33(3,30)31)22-7-5-4-6-8-22/h4-16,18H,17H2,1-3H3,(H,25,27)/t18-/m0/s1. The van der Waals surface area contributed by atoms with Crippen molar-refractivity contribution < 1.29 is 21.6 Å². The van der Waals surface area contributed by atoms with Crippen LogP contribution in [0.4, 0.5) is 5.69 Å². The predicted molar refractivity (Wildman–Crippen MR) is 129 cm³/mol. The van der Waals surface area contributed by atoms with Gasteiger partial charge in [0.1, 0.15) is 0 Å². The topological polar surface area (TPSA) is 101 Å². The number of benzene rings is 3. The molecule has 7 nitrogen and oxygen atoms in total. The molecule has 0 bridgehead atoms. The van der Waals surface area contributed by atoms with Crippen LogP contribution in [0.1, 0.15) is 34.5 Å². The summed E-state index contributed by atoms with van der Waals surface area (Å²) in [6, 6.07) is 21.6. The van der Waals surface area contributed by atoms with Crippen LogP contribution in [0.15, 0.2) is 83.8 Å². The van der Waals surface area contributed by atoms with E-state index in [1.165, 1.54) is 16.4 Å². The normalized spacial score (nSPS) is 12.7. The first-order chi connectivity index (χ1) is 15.4. The third-order valence-corrected chi connectivity index (χ3v) is 7.41. The van der Waals surface area contributed by atoms with Crippen LogP contribution in [0, 0.1) is 0 Å². The van der Waals surface area contributed by atoms with Crippen LogP contribution in [0.5, 0.6) is 0 Å². The van der Waals surface area contributed by atoms with E-state index in [0.29, 0.717) is 11.3 Å². The Kier molecular flexibility index (Phi) is 7.24. The Morgan fingerprint density at radius 2 is 1.42 bits per heavy atom. The zero-order chi connectivity index (χ0) is 24.2. The molecule has 0 spiro atoms. The van der Waals surface area contributed by atoms with Gasteiger partial charge in [-0.1, -0.05) is 42.5 Å². The van der Waals surface area contributed by atoms with Gasteiger partial charge < -0.3 is 5.32 Å². The summed E-state index contributed by atoms with van der Waals surface area (Å²) in [7, 11) is -6.76. The molecule has 3 aromatic rings. The number of sulfone groups is 1. The van der Waals surface area contributed by atoms with E-state index in [1.807, 2.05) is 13.0 Å². The average molecular weight is 487 g/mol. The van der Waals surface area contributed by atoms with Gasteiger partial charge in [0.15, 0.2) is 9.84 Å². The molecule has 3 rings (SSSR count). The summed E-state index contributed by atoms with van der Waals surface area (Å²) in [5.41, 5.74) is 2.52. The molecule has 174 valence electrons. The van der Waals surface area contributed by atoms with Gasteiger partial charge in [0.05, 0.1) is 29.4 Å². The van der Waals surface area contributed by atoms with Crippen molar-refractivity contribution in [1.82, 2.24) is 5.32 Å². The quantitative estimate of drug-likeness (QED) is 0.525. The number of nitrogens with zero attached hydrogens (tertiary/aromatic N) is 1. The summed E-state index contributed by atoms with van der Waals surface area (Å²) in [5.74, 6) is -0.288. The number of para-hydroxylation sites is 1. The predicted octanol–water partition coefficient (Wildman–Crippen LogP) is 3.55. The number of amides is 1. The molecule has 33 heavy (non-hydrogen) atoms. The average Bonchev–Trinajstić information content (AvgIpc) is 2.77. The van der Waals surface area contributed by atoms with Crippen molar-refractivity contribution in [2.45, 2.75) is 24.4 Å². The Labute approximate surface area is 195 Å². The Hall–Kier alpha value is -3.17. The molecular formula is C24H26N2O5S2. The van der Waals surface area contributed by atoms with Gasteiger partial charge in [0.25, 0.3) is 5.91 Å². The van der Waals surface area contributed by atoms with Crippen molar-refractivity contribution in [1.29, 1.82) is 0 Å². The van der Waals surface area contributed by atoms with Crippen LogP contribution in [-0.4, -0.2) is 35.3 Å². The van der Waals surface area contributed by atoms with Crippen molar-refractivity contribution in [3.05, 3.63) is 95.6 Å². The van der Waals surface area contributed by atoms with Gasteiger partial charge in [0.2, 0.25) is 10.0 Å². The second-order valence-corrected chi connectivity index (χ2v) is 11.8. The molecule has 1 amide bonds. The largest absolute Gasteiger partial charge is 0.346 e. The number of rotatable bonds is 8. The minimum atomic E-state index is -3.49. The maximum atomic E-state index is 12.7. The molecule has 0 unspecified atom stereocenters. The van der Waals surface area contributed by atoms with Gasteiger partial charge in [-0.25, -0.2) is 16.8 Å². The Bertz CT molecular complexity index is 1320. The summed E-state index contributed by atoms with van der Waals surface area (Å²) in [5, 5.41) is 2.89. The number of carbonyl (C=O) groups is 1. The lowest BCUT2D eigenvalue weighted by Gasteiger charge is -2.22. The second kappa shape index (κ2) is 9.76. The lowest BCUT2D eigenvalue weighted by Crippen LogP contribution is -2.29. The maximum Gasteiger partial charge on any atom is 0.251 e. The van der Waals surface area contributed by atoms with E-state index in [2.05, 4.69) is 5.32 Å². The summed E-state index contributed by atoms with van der Waals surface area (Å²) in [6.45, 7) is 1.96. The number of nitrogens with one attached hydrogen (secondary N) is 1. The van der Waals surface area contributed by atoms with E-state index in [-0.39, 0.29) is 23.4 Å². The zero-order valence-electron chi connectivity index (χ0n) is 18.6. The van der Waals surface area contributed by atoms with Crippen molar-refractivity contribution >= 4 is 31.5 Å². The molecule has 0 fully saturated rings. The molecule has 1 atom stereocenters. The highest BCUT2D eigenvalue weighted by Gasteiger charge is 2.18. The smallest absolute Gasteiger partial charge is 0.251 e. The van der Waals surface area contributed by atoms with Crippen LogP contribution < -0.4 is 9.62 Å². The Balaban J connectivity index is 1.69. The van der Waals surface area contributed by atoms with E-state index in [1.54, 1.807) is 60.7 Å². The summed E-state index contributed by atoms with van der Waals surface area (Å²) in [6.07, 6.45) is 2.30. The molecule has 0 saturated carbocycles. The second-order valence-electron chi connectivity index (χ2n) is 7.84. The maximum absolute atomic E-state index is 12.7. The molecule has 9 heteroatoms. The first kappa shape index (κ1) is 24.5. The fourth-order valence-corrected chi connectivity index (χ4v) is 4.81. The third-order valence-electron chi connectivity index (χ3n) is 5.14. The van der Waals surface area contributed by atoms with E-state index >= 15 is 0 Å².